The number of carbonyl (C=O) groups excluding carboxylic acids is 1. The molecule has 1 amide bonds. The Hall–Kier alpha value is -1.68. The smallest absolute Gasteiger partial charge is 0.248 e. The molecule has 0 bridgehead atoms. The molecule has 0 spiro atoms. The molecule has 1 aromatic heterocycles. The Morgan fingerprint density at radius 3 is 2.11 bits per heavy atom. The van der Waals surface area contributed by atoms with E-state index in [9.17, 15) is 21.6 Å². The van der Waals surface area contributed by atoms with Crippen LogP contribution < -0.4 is 9.44 Å². The third-order valence-corrected chi connectivity index (χ3v) is 5.02. The zero-order chi connectivity index (χ0) is 14.1. The topological polar surface area (TPSA) is 128 Å². The molecular weight excluding hydrogens is 282 g/mol. The van der Waals surface area contributed by atoms with Gasteiger partial charge in [-0.25, -0.2) is 21.8 Å². The van der Waals surface area contributed by atoms with E-state index in [2.05, 4.69) is 4.98 Å². The van der Waals surface area contributed by atoms with Crippen molar-refractivity contribution in [3.8, 4) is 0 Å². The molecule has 0 aliphatic rings. The Morgan fingerprint density at radius 2 is 1.72 bits per heavy atom. The van der Waals surface area contributed by atoms with Crippen LogP contribution in [0.3, 0.4) is 0 Å². The quantitative estimate of drug-likeness (QED) is 0.751. The van der Waals surface area contributed by atoms with Crippen LogP contribution in [0.5, 0.6) is 0 Å². The summed E-state index contributed by atoms with van der Waals surface area (Å²) in [6, 6.07) is 2.24. The van der Waals surface area contributed by atoms with Crippen LogP contribution in [0, 0.1) is 0 Å². The molecule has 0 unspecified atom stereocenters. The van der Waals surface area contributed by atoms with Gasteiger partial charge in [-0.05, 0) is 12.1 Å². The van der Waals surface area contributed by atoms with Gasteiger partial charge in [-0.3, -0.25) is 4.79 Å². The highest BCUT2D eigenvalue weighted by molar-refractivity contribution is 8.09. The molecule has 0 saturated heterocycles. The van der Waals surface area contributed by atoms with Gasteiger partial charge in [0.1, 0.15) is 0 Å². The maximum atomic E-state index is 11.5. The van der Waals surface area contributed by atoms with Gasteiger partial charge in [-0.1, -0.05) is 0 Å². The maximum Gasteiger partial charge on any atom is 0.248 e. The molecule has 0 aromatic carbocycles. The molecule has 0 radical (unpaired) electrons. The fourth-order valence-electron chi connectivity index (χ4n) is 1.26. The van der Waals surface area contributed by atoms with Crippen LogP contribution in [-0.2, 0) is 20.0 Å². The van der Waals surface area contributed by atoms with Crippen LogP contribution in [0.4, 0.5) is 5.82 Å². The highest BCUT2D eigenvalue weighted by Crippen LogP contribution is 2.19. The summed E-state index contributed by atoms with van der Waals surface area (Å²) in [7, 11) is -8.17. The van der Waals surface area contributed by atoms with Crippen LogP contribution >= 0.6 is 0 Å². The lowest BCUT2D eigenvalue weighted by Crippen LogP contribution is -2.36. The number of hydrogen-bond donors (Lipinski definition) is 1. The Kier molecular flexibility index (Phi) is 3.62. The molecule has 0 atom stereocenters. The summed E-state index contributed by atoms with van der Waals surface area (Å²) in [5.41, 5.74) is 4.97. The molecule has 0 aliphatic carbocycles. The number of nitrogens with two attached hydrogens (primary N) is 1. The molecule has 0 saturated carbocycles. The highest BCUT2D eigenvalue weighted by atomic mass is 32.3. The average Bonchev–Trinajstić information content (AvgIpc) is 2.13. The number of hydrogen-bond acceptors (Lipinski definition) is 6. The van der Waals surface area contributed by atoms with Crippen molar-refractivity contribution in [2.75, 3.05) is 16.2 Å². The highest BCUT2D eigenvalue weighted by Gasteiger charge is 2.28. The second-order valence-electron chi connectivity index (χ2n) is 3.49. The van der Waals surface area contributed by atoms with Crippen molar-refractivity contribution in [2.24, 2.45) is 5.73 Å². The van der Waals surface area contributed by atoms with Crippen molar-refractivity contribution in [3.63, 3.8) is 0 Å². The number of sulfonamides is 2. The van der Waals surface area contributed by atoms with Gasteiger partial charge in [0.15, 0.2) is 5.82 Å². The molecule has 1 rings (SSSR count). The predicted octanol–water partition coefficient (Wildman–Crippen LogP) is -1.09. The SMILES string of the molecule is CS(=O)(=O)N(c1cc(C(N)=O)ccn1)S(C)(=O)=O. The average molecular weight is 293 g/mol. The Balaban J connectivity index is 3.51. The standard InChI is InChI=1S/C8H11N3O5S2/c1-17(13,14)11(18(2,15)16)7-5-6(8(9)12)3-4-10-7/h3-5H,1-2H3,(H2,9,12). The molecule has 0 fully saturated rings. The minimum absolute atomic E-state index is 0.0442. The molecule has 8 nitrogen and oxygen atoms in total. The minimum atomic E-state index is -4.09. The van der Waals surface area contributed by atoms with Gasteiger partial charge in [0.25, 0.3) is 0 Å². The van der Waals surface area contributed by atoms with Crippen molar-refractivity contribution >= 4 is 31.8 Å². The molecular formula is C8H11N3O5S2. The number of amides is 1. The summed E-state index contributed by atoms with van der Waals surface area (Å²) in [5, 5.41) is 0. The van der Waals surface area contributed by atoms with E-state index < -0.39 is 31.8 Å². The van der Waals surface area contributed by atoms with E-state index in [4.69, 9.17) is 5.73 Å². The number of primary amides is 1. The lowest BCUT2D eigenvalue weighted by Gasteiger charge is -2.18. The monoisotopic (exact) mass is 293 g/mol. The first kappa shape index (κ1) is 14.4. The van der Waals surface area contributed by atoms with Gasteiger partial charge in [0.2, 0.25) is 26.0 Å². The normalized spacial score (nSPS) is 12.1. The number of anilines is 1. The fourth-order valence-corrected chi connectivity index (χ4v) is 4.10. The summed E-state index contributed by atoms with van der Waals surface area (Å²) < 4.78 is 45.9. The lowest BCUT2D eigenvalue weighted by molar-refractivity contribution is 0.1000. The number of carbonyl (C=O) groups is 1. The molecule has 1 heterocycles. The second kappa shape index (κ2) is 4.53. The lowest BCUT2D eigenvalue weighted by atomic mass is 10.2. The van der Waals surface area contributed by atoms with Crippen LogP contribution in [-0.4, -0.2) is 40.2 Å². The molecule has 18 heavy (non-hydrogen) atoms. The van der Waals surface area contributed by atoms with E-state index in [1.807, 2.05) is 0 Å². The first-order valence-electron chi connectivity index (χ1n) is 4.50. The zero-order valence-corrected chi connectivity index (χ0v) is 11.2. The van der Waals surface area contributed by atoms with Crippen molar-refractivity contribution in [1.29, 1.82) is 0 Å². The van der Waals surface area contributed by atoms with Gasteiger partial charge in [-0.15, -0.1) is 3.71 Å². The first-order valence-corrected chi connectivity index (χ1v) is 8.19. The summed E-state index contributed by atoms with van der Waals surface area (Å²) >= 11 is 0. The molecule has 2 N–H and O–H groups in total. The van der Waals surface area contributed by atoms with Gasteiger partial charge >= 0.3 is 0 Å². The summed E-state index contributed by atoms with van der Waals surface area (Å²) in [6.45, 7) is 0. The summed E-state index contributed by atoms with van der Waals surface area (Å²) in [6.07, 6.45) is 2.53. The van der Waals surface area contributed by atoms with Gasteiger partial charge < -0.3 is 5.73 Å². The van der Waals surface area contributed by atoms with Crippen molar-refractivity contribution in [1.82, 2.24) is 4.98 Å². The van der Waals surface area contributed by atoms with E-state index in [-0.39, 0.29) is 9.27 Å². The number of nitrogens with zero attached hydrogens (tertiary/aromatic N) is 2. The van der Waals surface area contributed by atoms with E-state index in [0.29, 0.717) is 12.5 Å². The number of pyridine rings is 1. The summed E-state index contributed by atoms with van der Waals surface area (Å²) in [5.74, 6) is -1.23. The number of rotatable bonds is 4. The Morgan fingerprint density at radius 1 is 1.22 bits per heavy atom. The van der Waals surface area contributed by atoms with E-state index >= 15 is 0 Å². The van der Waals surface area contributed by atoms with Gasteiger partial charge in [-0.2, -0.15) is 0 Å². The molecule has 0 aliphatic heterocycles. The van der Waals surface area contributed by atoms with E-state index in [1.54, 1.807) is 0 Å². The van der Waals surface area contributed by atoms with Gasteiger partial charge in [0, 0.05) is 11.8 Å². The predicted molar refractivity (Wildman–Crippen MR) is 64.9 cm³/mol. The number of aromatic nitrogens is 1. The Bertz CT molecular complexity index is 648. The summed E-state index contributed by atoms with van der Waals surface area (Å²) in [4.78, 5) is 14.6. The largest absolute Gasteiger partial charge is 0.366 e. The van der Waals surface area contributed by atoms with Crippen LogP contribution in [0.1, 0.15) is 10.4 Å². The molecule has 1 aromatic rings. The Labute approximate surface area is 105 Å². The minimum Gasteiger partial charge on any atom is -0.366 e. The molecule has 100 valence electrons. The second-order valence-corrected chi connectivity index (χ2v) is 7.38. The fraction of sp³-hybridized carbons (Fsp3) is 0.250. The molecule has 10 heteroatoms. The van der Waals surface area contributed by atoms with E-state index in [0.717, 1.165) is 12.3 Å². The van der Waals surface area contributed by atoms with Crippen LogP contribution in [0.15, 0.2) is 18.3 Å². The van der Waals surface area contributed by atoms with Crippen molar-refractivity contribution in [3.05, 3.63) is 23.9 Å². The van der Waals surface area contributed by atoms with E-state index in [1.165, 1.54) is 6.07 Å². The van der Waals surface area contributed by atoms with Crippen molar-refractivity contribution in [2.45, 2.75) is 0 Å². The van der Waals surface area contributed by atoms with Crippen LogP contribution in [0.2, 0.25) is 0 Å². The third kappa shape index (κ3) is 3.17. The van der Waals surface area contributed by atoms with Crippen LogP contribution in [0.25, 0.3) is 0 Å². The third-order valence-electron chi connectivity index (χ3n) is 1.82. The zero-order valence-electron chi connectivity index (χ0n) is 9.56. The maximum absolute atomic E-state index is 11.5. The van der Waals surface area contributed by atoms with Gasteiger partial charge in [0.05, 0.1) is 12.5 Å². The first-order chi connectivity index (χ1) is 8.03. The van der Waals surface area contributed by atoms with Crippen molar-refractivity contribution < 1.29 is 21.6 Å².